The molecule has 0 aliphatic rings. The summed E-state index contributed by atoms with van der Waals surface area (Å²) in [5.74, 6) is 0.673. The number of rotatable bonds is 6. The number of nitrogens with zero attached hydrogens (tertiary/aromatic N) is 2. The summed E-state index contributed by atoms with van der Waals surface area (Å²) in [6.45, 7) is 5.92. The Kier molecular flexibility index (Phi) is 4.76. The van der Waals surface area contributed by atoms with Crippen LogP contribution in [0.25, 0.3) is 0 Å². The van der Waals surface area contributed by atoms with Gasteiger partial charge in [-0.15, -0.1) is 0 Å². The summed E-state index contributed by atoms with van der Waals surface area (Å²) in [6, 6.07) is 0. The number of hydrogen-bond donors (Lipinski definition) is 1. The van der Waals surface area contributed by atoms with E-state index in [-0.39, 0.29) is 5.41 Å². The summed E-state index contributed by atoms with van der Waals surface area (Å²) in [4.78, 5) is 0. The van der Waals surface area contributed by atoms with E-state index in [1.165, 1.54) is 0 Å². The highest BCUT2D eigenvalue weighted by atomic mass is 35.5. The van der Waals surface area contributed by atoms with Crippen molar-refractivity contribution in [2.75, 3.05) is 25.6 Å². The van der Waals surface area contributed by atoms with Crippen LogP contribution in [0.15, 0.2) is 0 Å². The van der Waals surface area contributed by atoms with Crippen molar-refractivity contribution >= 4 is 29.1 Å². The minimum atomic E-state index is 0.156. The van der Waals surface area contributed by atoms with Crippen molar-refractivity contribution in [3.05, 3.63) is 5.15 Å². The zero-order valence-electron chi connectivity index (χ0n) is 9.21. The molecule has 4 nitrogen and oxygen atoms in total. The molecule has 0 bridgehead atoms. The molecule has 0 saturated heterocycles. The molecule has 1 rings (SSSR count). The van der Waals surface area contributed by atoms with Crippen LogP contribution >= 0.6 is 23.3 Å². The average Bonchev–Trinajstić information content (AvgIpc) is 2.58. The van der Waals surface area contributed by atoms with E-state index < -0.39 is 0 Å². The van der Waals surface area contributed by atoms with Crippen LogP contribution in [0.5, 0.6) is 0 Å². The summed E-state index contributed by atoms with van der Waals surface area (Å²) >= 11 is 6.94. The smallest absolute Gasteiger partial charge is 0.186 e. The number of anilines is 1. The molecule has 1 N–H and O–H groups in total. The van der Waals surface area contributed by atoms with Gasteiger partial charge in [-0.05, 0) is 11.8 Å². The first-order chi connectivity index (χ1) is 7.05. The second-order valence-electron chi connectivity index (χ2n) is 4.16. The molecule has 1 heterocycles. The van der Waals surface area contributed by atoms with Crippen molar-refractivity contribution in [3.8, 4) is 0 Å². The minimum Gasteiger partial charge on any atom is -0.385 e. The summed E-state index contributed by atoms with van der Waals surface area (Å²) in [5.41, 5.74) is 0.156. The number of ether oxygens (including phenoxy) is 1. The number of nitrogens with one attached hydrogen (secondary N) is 1. The molecule has 0 aliphatic heterocycles. The third-order valence-corrected chi connectivity index (χ3v) is 3.06. The van der Waals surface area contributed by atoms with Gasteiger partial charge in [0.1, 0.15) is 0 Å². The van der Waals surface area contributed by atoms with Crippen molar-refractivity contribution in [2.24, 2.45) is 5.41 Å². The second kappa shape index (κ2) is 5.63. The maximum Gasteiger partial charge on any atom is 0.186 e. The lowest BCUT2D eigenvalue weighted by atomic mass is 9.90. The van der Waals surface area contributed by atoms with Crippen molar-refractivity contribution in [1.82, 2.24) is 8.75 Å². The Balaban J connectivity index is 2.39. The van der Waals surface area contributed by atoms with Crippen molar-refractivity contribution in [1.29, 1.82) is 0 Å². The van der Waals surface area contributed by atoms with E-state index in [4.69, 9.17) is 16.3 Å². The molecule has 0 atom stereocenters. The van der Waals surface area contributed by atoms with Crippen molar-refractivity contribution < 1.29 is 4.74 Å². The zero-order chi connectivity index (χ0) is 11.3. The molecule has 0 aliphatic carbocycles. The van der Waals surface area contributed by atoms with Crippen molar-refractivity contribution in [3.63, 3.8) is 0 Å². The zero-order valence-corrected chi connectivity index (χ0v) is 10.8. The van der Waals surface area contributed by atoms with E-state index in [0.717, 1.165) is 31.3 Å². The van der Waals surface area contributed by atoms with Crippen LogP contribution in [0.2, 0.25) is 5.15 Å². The van der Waals surface area contributed by atoms with Gasteiger partial charge < -0.3 is 10.1 Å². The molecule has 6 heteroatoms. The van der Waals surface area contributed by atoms with E-state index in [1.54, 1.807) is 7.11 Å². The Morgan fingerprint density at radius 1 is 1.47 bits per heavy atom. The Morgan fingerprint density at radius 3 is 2.73 bits per heavy atom. The van der Waals surface area contributed by atoms with Gasteiger partial charge in [0.25, 0.3) is 0 Å². The summed E-state index contributed by atoms with van der Waals surface area (Å²) in [6.07, 6.45) is 0.992. The Hall–Kier alpha value is -0.390. The molecule has 0 unspecified atom stereocenters. The van der Waals surface area contributed by atoms with Gasteiger partial charge in [-0.3, -0.25) is 0 Å². The van der Waals surface area contributed by atoms with E-state index in [0.29, 0.717) is 11.0 Å². The lowest BCUT2D eigenvalue weighted by Gasteiger charge is -2.24. The molecule has 0 amide bonds. The largest absolute Gasteiger partial charge is 0.385 e. The first kappa shape index (κ1) is 12.7. The summed E-state index contributed by atoms with van der Waals surface area (Å²) < 4.78 is 13.0. The normalized spacial score (nSPS) is 11.7. The van der Waals surface area contributed by atoms with Crippen LogP contribution in [-0.4, -0.2) is 29.0 Å². The van der Waals surface area contributed by atoms with Crippen LogP contribution < -0.4 is 5.32 Å². The van der Waals surface area contributed by atoms with Gasteiger partial charge in [0.15, 0.2) is 11.0 Å². The van der Waals surface area contributed by atoms with Crippen molar-refractivity contribution in [2.45, 2.75) is 20.3 Å². The molecule has 86 valence electrons. The maximum absolute atomic E-state index is 5.82. The third kappa shape index (κ3) is 4.32. The quantitative estimate of drug-likeness (QED) is 0.842. The van der Waals surface area contributed by atoms with Crippen LogP contribution in [0, 0.1) is 5.41 Å². The molecular formula is C9H16ClN3OS. The molecule has 1 aromatic heterocycles. The average molecular weight is 250 g/mol. The van der Waals surface area contributed by atoms with Gasteiger partial charge in [0.2, 0.25) is 0 Å². The van der Waals surface area contributed by atoms with E-state index in [1.807, 2.05) is 0 Å². The first-order valence-corrected chi connectivity index (χ1v) is 5.87. The topological polar surface area (TPSA) is 47.0 Å². The van der Waals surface area contributed by atoms with Crippen LogP contribution in [0.3, 0.4) is 0 Å². The Morgan fingerprint density at radius 2 is 2.20 bits per heavy atom. The molecule has 0 aromatic carbocycles. The van der Waals surface area contributed by atoms with E-state index in [2.05, 4.69) is 27.9 Å². The van der Waals surface area contributed by atoms with Gasteiger partial charge >= 0.3 is 0 Å². The number of hydrogen-bond acceptors (Lipinski definition) is 5. The van der Waals surface area contributed by atoms with Gasteiger partial charge in [-0.25, -0.2) is 0 Å². The predicted octanol–water partition coefficient (Wildman–Crippen LogP) is 2.67. The number of aromatic nitrogens is 2. The van der Waals surface area contributed by atoms with Gasteiger partial charge in [-0.1, -0.05) is 25.4 Å². The fraction of sp³-hybridized carbons (Fsp3) is 0.778. The first-order valence-electron chi connectivity index (χ1n) is 4.76. The van der Waals surface area contributed by atoms with Gasteiger partial charge in [0.05, 0.1) is 11.7 Å². The van der Waals surface area contributed by atoms with Gasteiger partial charge in [0, 0.05) is 20.3 Å². The minimum absolute atomic E-state index is 0.156. The monoisotopic (exact) mass is 249 g/mol. The third-order valence-electron chi connectivity index (χ3n) is 2.17. The predicted molar refractivity (Wildman–Crippen MR) is 63.7 cm³/mol. The molecular weight excluding hydrogens is 234 g/mol. The number of halogens is 1. The maximum atomic E-state index is 5.82. The Bertz CT molecular complexity index is 303. The van der Waals surface area contributed by atoms with E-state index in [9.17, 15) is 0 Å². The lowest BCUT2D eigenvalue weighted by molar-refractivity contribution is 0.157. The highest BCUT2D eigenvalue weighted by Gasteiger charge is 2.18. The molecule has 15 heavy (non-hydrogen) atoms. The fourth-order valence-electron chi connectivity index (χ4n) is 1.07. The second-order valence-corrected chi connectivity index (χ2v) is 5.05. The standard InChI is InChI=1S/C9H16ClN3OS/c1-9(2,4-5-14-3)6-11-8-7(10)12-15-13-8/h4-6H2,1-3H3,(H,11,13). The van der Waals surface area contributed by atoms with Gasteiger partial charge in [-0.2, -0.15) is 8.75 Å². The Labute approximate surface area is 99.3 Å². The molecule has 0 radical (unpaired) electrons. The molecule has 1 aromatic rings. The highest BCUT2D eigenvalue weighted by molar-refractivity contribution is 6.99. The van der Waals surface area contributed by atoms with Crippen LogP contribution in [0.4, 0.5) is 5.82 Å². The van der Waals surface area contributed by atoms with Crippen LogP contribution in [-0.2, 0) is 4.74 Å². The molecule has 0 fully saturated rings. The summed E-state index contributed by atoms with van der Waals surface area (Å²) in [7, 11) is 1.71. The SMILES string of the molecule is COCCC(C)(C)CNc1nsnc1Cl. The highest BCUT2D eigenvalue weighted by Crippen LogP contribution is 2.23. The fourth-order valence-corrected chi connectivity index (χ4v) is 1.76. The van der Waals surface area contributed by atoms with E-state index >= 15 is 0 Å². The lowest BCUT2D eigenvalue weighted by Crippen LogP contribution is -2.24. The molecule has 0 spiro atoms. The van der Waals surface area contributed by atoms with Crippen LogP contribution in [0.1, 0.15) is 20.3 Å². The number of methoxy groups -OCH3 is 1. The summed E-state index contributed by atoms with van der Waals surface area (Å²) in [5, 5.41) is 3.64. The molecule has 0 saturated carbocycles.